The Bertz CT molecular complexity index is 1580. The molecule has 41 heavy (non-hydrogen) atoms. The van der Waals surface area contributed by atoms with Gasteiger partial charge in [-0.25, -0.2) is 18.0 Å². The summed E-state index contributed by atoms with van der Waals surface area (Å²) in [5.41, 5.74) is 0.791. The topological polar surface area (TPSA) is 142 Å². The van der Waals surface area contributed by atoms with Gasteiger partial charge >= 0.3 is 11.9 Å². The average molecular weight is 599 g/mol. The number of carbonyl (C=O) groups is 3. The van der Waals surface area contributed by atoms with Crippen molar-refractivity contribution in [2.75, 3.05) is 25.1 Å². The maximum Gasteiger partial charge on any atom is 0.348 e. The largest absolute Gasteiger partial charge is 0.496 e. The molecule has 1 aliphatic heterocycles. The van der Waals surface area contributed by atoms with E-state index in [0.717, 1.165) is 59.4 Å². The number of thiophene rings is 1. The van der Waals surface area contributed by atoms with Crippen molar-refractivity contribution in [3.8, 4) is 16.2 Å². The van der Waals surface area contributed by atoms with Crippen LogP contribution in [0.25, 0.3) is 10.4 Å². The highest BCUT2D eigenvalue weighted by Crippen LogP contribution is 2.42. The van der Waals surface area contributed by atoms with E-state index in [9.17, 15) is 33.0 Å². The molecule has 12 heteroatoms. The van der Waals surface area contributed by atoms with Crippen LogP contribution in [0.4, 0.5) is 5.69 Å². The molecule has 1 saturated heterocycles. The standard InChI is InChI=1S/C29H30N2O8S2/c1-39-24-13-12-20(14-21(24)28(33)34)41(37,38)30-16-23(18-8-4-2-5-9-18)31(26(32)17-30)22-15-25(40-27(22)29(35)36)19-10-6-3-7-11-19/h3,6-7,10-15,18,23H,2,4-5,8-9,16-17H2,1H3,(H,33,34)(H,35,36). The van der Waals surface area contributed by atoms with Gasteiger partial charge in [-0.2, -0.15) is 4.31 Å². The lowest BCUT2D eigenvalue weighted by molar-refractivity contribution is -0.121. The molecule has 0 bridgehead atoms. The number of ether oxygens (including phenoxy) is 1. The third-order valence-corrected chi connectivity index (χ3v) is 10.7. The molecular formula is C29H30N2O8S2. The highest BCUT2D eigenvalue weighted by molar-refractivity contribution is 7.89. The number of carboxylic acid groups (broad SMARTS) is 2. The lowest BCUT2D eigenvalue weighted by Gasteiger charge is -2.44. The van der Waals surface area contributed by atoms with E-state index in [1.54, 1.807) is 6.07 Å². The van der Waals surface area contributed by atoms with Crippen molar-refractivity contribution in [1.82, 2.24) is 4.31 Å². The molecule has 1 amide bonds. The molecule has 3 aromatic rings. The number of rotatable bonds is 8. The number of aromatic carboxylic acids is 2. The van der Waals surface area contributed by atoms with Gasteiger partial charge in [0.25, 0.3) is 0 Å². The molecule has 2 aliphatic rings. The zero-order valence-electron chi connectivity index (χ0n) is 22.4. The zero-order valence-corrected chi connectivity index (χ0v) is 24.0. The summed E-state index contributed by atoms with van der Waals surface area (Å²) in [7, 11) is -2.97. The molecule has 0 spiro atoms. The quantitative estimate of drug-likeness (QED) is 0.377. The van der Waals surface area contributed by atoms with E-state index in [4.69, 9.17) is 4.74 Å². The summed E-state index contributed by atoms with van der Waals surface area (Å²) in [6.45, 7) is -0.543. The highest BCUT2D eigenvalue weighted by atomic mass is 32.2. The Morgan fingerprint density at radius 2 is 1.68 bits per heavy atom. The minimum Gasteiger partial charge on any atom is -0.496 e. The molecule has 1 aliphatic carbocycles. The first-order valence-electron chi connectivity index (χ1n) is 13.3. The summed E-state index contributed by atoms with van der Waals surface area (Å²) in [5.74, 6) is -3.03. The monoisotopic (exact) mass is 598 g/mol. The fourth-order valence-electron chi connectivity index (χ4n) is 5.76. The molecule has 5 rings (SSSR count). The predicted molar refractivity (Wildman–Crippen MR) is 153 cm³/mol. The van der Waals surface area contributed by atoms with Crippen LogP contribution in [0.2, 0.25) is 0 Å². The molecule has 1 atom stereocenters. The van der Waals surface area contributed by atoms with Gasteiger partial charge in [0.15, 0.2) is 0 Å². The number of sulfonamides is 1. The minimum atomic E-state index is -4.26. The Morgan fingerprint density at radius 1 is 0.976 bits per heavy atom. The first-order valence-corrected chi connectivity index (χ1v) is 15.5. The normalized spacial score (nSPS) is 18.8. The van der Waals surface area contributed by atoms with E-state index >= 15 is 0 Å². The lowest BCUT2D eigenvalue weighted by atomic mass is 9.82. The highest BCUT2D eigenvalue weighted by Gasteiger charge is 2.44. The Labute approximate surface area is 241 Å². The van der Waals surface area contributed by atoms with E-state index in [-0.39, 0.29) is 39.2 Å². The average Bonchev–Trinajstić information content (AvgIpc) is 3.42. The van der Waals surface area contributed by atoms with Crippen LogP contribution in [0, 0.1) is 5.92 Å². The van der Waals surface area contributed by atoms with Crippen molar-refractivity contribution < 1.29 is 37.8 Å². The van der Waals surface area contributed by atoms with Gasteiger partial charge in [0.1, 0.15) is 16.2 Å². The molecule has 1 saturated carbocycles. The zero-order chi connectivity index (χ0) is 29.3. The fourth-order valence-corrected chi connectivity index (χ4v) is 8.19. The lowest BCUT2D eigenvalue weighted by Crippen LogP contribution is -2.60. The van der Waals surface area contributed by atoms with Crippen LogP contribution in [-0.4, -0.2) is 67.0 Å². The summed E-state index contributed by atoms with van der Waals surface area (Å²) in [4.78, 5) is 39.9. The number of nitrogens with zero attached hydrogens (tertiary/aromatic N) is 2. The molecule has 2 aromatic carbocycles. The second-order valence-corrected chi connectivity index (χ2v) is 13.2. The van der Waals surface area contributed by atoms with Crippen LogP contribution >= 0.6 is 11.3 Å². The number of methoxy groups -OCH3 is 1. The number of benzene rings is 2. The second kappa shape index (κ2) is 11.6. The molecule has 216 valence electrons. The predicted octanol–water partition coefficient (Wildman–Crippen LogP) is 4.81. The van der Waals surface area contributed by atoms with Gasteiger partial charge in [0.2, 0.25) is 15.9 Å². The number of piperazine rings is 1. The Hall–Kier alpha value is -3.74. The molecule has 2 N–H and O–H groups in total. The number of carbonyl (C=O) groups excluding carboxylic acids is 1. The van der Waals surface area contributed by atoms with Gasteiger partial charge < -0.3 is 19.8 Å². The number of hydrogen-bond acceptors (Lipinski definition) is 7. The number of hydrogen-bond donors (Lipinski definition) is 2. The number of anilines is 1. The van der Waals surface area contributed by atoms with Crippen LogP contribution < -0.4 is 9.64 Å². The minimum absolute atomic E-state index is 0.0188. The van der Waals surface area contributed by atoms with E-state index in [0.29, 0.717) is 4.88 Å². The van der Waals surface area contributed by atoms with Crippen LogP contribution in [0.15, 0.2) is 59.5 Å². The summed E-state index contributed by atoms with van der Waals surface area (Å²) in [6, 6.07) is 14.0. The molecule has 10 nitrogen and oxygen atoms in total. The van der Waals surface area contributed by atoms with Gasteiger partial charge in [0.05, 0.1) is 30.3 Å². The van der Waals surface area contributed by atoms with Crippen molar-refractivity contribution in [3.05, 3.63) is 65.0 Å². The summed E-state index contributed by atoms with van der Waals surface area (Å²) >= 11 is 1.08. The Morgan fingerprint density at radius 3 is 2.32 bits per heavy atom. The van der Waals surface area contributed by atoms with Gasteiger partial charge in [0, 0.05) is 11.4 Å². The van der Waals surface area contributed by atoms with E-state index in [2.05, 4.69) is 0 Å². The fraction of sp³-hybridized carbons (Fsp3) is 0.345. The Balaban J connectivity index is 1.56. The van der Waals surface area contributed by atoms with Gasteiger partial charge in [-0.05, 0) is 48.6 Å². The molecule has 1 unspecified atom stereocenters. The smallest absolute Gasteiger partial charge is 0.348 e. The molecular weight excluding hydrogens is 568 g/mol. The van der Waals surface area contributed by atoms with Crippen molar-refractivity contribution in [1.29, 1.82) is 0 Å². The van der Waals surface area contributed by atoms with E-state index in [1.807, 2.05) is 30.3 Å². The summed E-state index contributed by atoms with van der Waals surface area (Å²) < 4.78 is 33.7. The first-order chi connectivity index (χ1) is 19.6. The number of amides is 1. The number of carboxylic acids is 2. The van der Waals surface area contributed by atoms with E-state index < -0.39 is 40.5 Å². The van der Waals surface area contributed by atoms with Crippen LogP contribution in [-0.2, 0) is 14.8 Å². The van der Waals surface area contributed by atoms with Crippen LogP contribution in [0.3, 0.4) is 0 Å². The van der Waals surface area contributed by atoms with Crippen LogP contribution in [0.1, 0.15) is 52.1 Å². The van der Waals surface area contributed by atoms with Crippen molar-refractivity contribution in [3.63, 3.8) is 0 Å². The molecule has 0 radical (unpaired) electrons. The van der Waals surface area contributed by atoms with Gasteiger partial charge in [-0.1, -0.05) is 49.6 Å². The molecule has 1 aromatic heterocycles. The van der Waals surface area contributed by atoms with Gasteiger partial charge in [-0.15, -0.1) is 11.3 Å². The maximum absolute atomic E-state index is 13.8. The Kier molecular flexibility index (Phi) is 8.16. The molecule has 2 heterocycles. The third-order valence-electron chi connectivity index (χ3n) is 7.76. The maximum atomic E-state index is 13.8. The van der Waals surface area contributed by atoms with E-state index in [1.165, 1.54) is 24.1 Å². The first kappa shape index (κ1) is 28.8. The third kappa shape index (κ3) is 5.59. The SMILES string of the molecule is COc1ccc(S(=O)(=O)N2CC(=O)N(c3cc(-c4ccccc4)sc3C(=O)O)C(C3CCCCC3)C2)cc1C(=O)O. The second-order valence-electron chi connectivity index (χ2n) is 10.2. The van der Waals surface area contributed by atoms with Crippen LogP contribution in [0.5, 0.6) is 5.75 Å². The molecule has 2 fully saturated rings. The summed E-state index contributed by atoms with van der Waals surface area (Å²) in [5, 5.41) is 19.7. The van der Waals surface area contributed by atoms with Crippen molar-refractivity contribution >= 4 is 44.9 Å². The van der Waals surface area contributed by atoms with Crippen molar-refractivity contribution in [2.45, 2.75) is 43.0 Å². The van der Waals surface area contributed by atoms with Crippen molar-refractivity contribution in [2.24, 2.45) is 5.92 Å². The van der Waals surface area contributed by atoms with Gasteiger partial charge in [-0.3, -0.25) is 4.79 Å². The summed E-state index contributed by atoms with van der Waals surface area (Å²) in [6.07, 6.45) is 4.47.